The Labute approximate surface area is 138 Å². The number of benzene rings is 1. The van der Waals surface area contributed by atoms with E-state index in [9.17, 15) is 18.3 Å². The molecule has 1 aromatic carbocycles. The van der Waals surface area contributed by atoms with Crippen LogP contribution in [-0.4, -0.2) is 25.2 Å². The summed E-state index contributed by atoms with van der Waals surface area (Å²) in [6.45, 7) is 1.84. The molecule has 1 N–H and O–H groups in total. The van der Waals surface area contributed by atoms with E-state index in [1.165, 1.54) is 12.1 Å². The van der Waals surface area contributed by atoms with Crippen molar-refractivity contribution in [2.24, 2.45) is 5.16 Å². The zero-order chi connectivity index (χ0) is 17.3. The Morgan fingerprint density at radius 1 is 1.25 bits per heavy atom. The number of hydrogen-bond donors (Lipinski definition) is 1. The lowest BCUT2D eigenvalue weighted by molar-refractivity contribution is 0.0696. The highest BCUT2D eigenvalue weighted by Crippen LogP contribution is 2.27. The average Bonchev–Trinajstić information content (AvgIpc) is 2.98. The van der Waals surface area contributed by atoms with Crippen molar-refractivity contribution in [2.45, 2.75) is 31.1 Å². The minimum atomic E-state index is -4.06. The number of aromatic carboxylic acids is 1. The van der Waals surface area contributed by atoms with Gasteiger partial charge in [-0.15, -0.1) is 0 Å². The molecular weight excluding hydrogens is 334 g/mol. The van der Waals surface area contributed by atoms with Crippen LogP contribution < -0.4 is 0 Å². The molecule has 8 heteroatoms. The van der Waals surface area contributed by atoms with Crippen LogP contribution in [0.15, 0.2) is 45.0 Å². The van der Waals surface area contributed by atoms with Crippen LogP contribution in [0.3, 0.4) is 0 Å². The number of nitrogens with zero attached hydrogens (tertiary/aromatic N) is 1. The lowest BCUT2D eigenvalue weighted by Gasteiger charge is -2.13. The number of fused-ring (bicyclic) bond motifs is 1. The number of rotatable bonds is 4. The second kappa shape index (κ2) is 6.12. The van der Waals surface area contributed by atoms with E-state index in [2.05, 4.69) is 5.16 Å². The van der Waals surface area contributed by atoms with Crippen LogP contribution in [0.5, 0.6) is 0 Å². The van der Waals surface area contributed by atoms with Gasteiger partial charge < -0.3 is 9.52 Å². The molecule has 0 amide bonds. The normalized spacial score (nSPS) is 16.0. The monoisotopic (exact) mass is 349 g/mol. The van der Waals surface area contributed by atoms with Gasteiger partial charge in [-0.3, -0.25) is 4.28 Å². The third-order valence-electron chi connectivity index (χ3n) is 3.76. The molecule has 0 fully saturated rings. The predicted octanol–water partition coefficient (Wildman–Crippen LogP) is 2.73. The van der Waals surface area contributed by atoms with Crippen molar-refractivity contribution in [2.75, 3.05) is 0 Å². The largest absolute Gasteiger partial charge is 0.478 e. The lowest BCUT2D eigenvalue weighted by atomic mass is 9.93. The Hall–Kier alpha value is -2.61. The molecule has 0 saturated heterocycles. The summed E-state index contributed by atoms with van der Waals surface area (Å²) in [4.78, 5) is 11.2. The van der Waals surface area contributed by atoms with Crippen LogP contribution in [-0.2, 0) is 20.8 Å². The fourth-order valence-corrected chi connectivity index (χ4v) is 3.27. The molecule has 1 aliphatic carbocycles. The molecular formula is C16H15NO6S. The Morgan fingerprint density at radius 2 is 1.96 bits per heavy atom. The van der Waals surface area contributed by atoms with Crippen molar-refractivity contribution >= 4 is 21.8 Å². The van der Waals surface area contributed by atoms with Gasteiger partial charge in [0, 0.05) is 6.42 Å². The fourth-order valence-electron chi connectivity index (χ4n) is 2.53. The zero-order valence-electron chi connectivity index (χ0n) is 12.9. The maximum absolute atomic E-state index is 12.2. The van der Waals surface area contributed by atoms with Crippen LogP contribution >= 0.6 is 0 Å². The smallest absolute Gasteiger partial charge is 0.358 e. The molecule has 0 radical (unpaired) electrons. The Kier molecular flexibility index (Phi) is 4.15. The van der Waals surface area contributed by atoms with E-state index in [1.54, 1.807) is 12.1 Å². The van der Waals surface area contributed by atoms with Crippen LogP contribution in [0.25, 0.3) is 0 Å². The zero-order valence-corrected chi connectivity index (χ0v) is 13.7. The summed E-state index contributed by atoms with van der Waals surface area (Å²) in [6.07, 6.45) is 2.80. The fraction of sp³-hybridized carbons (Fsp3) is 0.250. The molecule has 0 aliphatic heterocycles. The first-order valence-corrected chi connectivity index (χ1v) is 8.70. The number of oxime groups is 1. The summed E-state index contributed by atoms with van der Waals surface area (Å²) in [7, 11) is -4.06. The minimum Gasteiger partial charge on any atom is -0.478 e. The number of carboxylic acid groups (broad SMARTS) is 1. The molecule has 0 bridgehead atoms. The van der Waals surface area contributed by atoms with Crippen molar-refractivity contribution in [1.29, 1.82) is 0 Å². The van der Waals surface area contributed by atoms with E-state index in [4.69, 9.17) is 8.70 Å². The van der Waals surface area contributed by atoms with Crippen molar-refractivity contribution in [1.82, 2.24) is 0 Å². The first-order valence-electron chi connectivity index (χ1n) is 7.30. The van der Waals surface area contributed by atoms with E-state index in [0.29, 0.717) is 30.6 Å². The summed E-state index contributed by atoms with van der Waals surface area (Å²) in [5.74, 6) is -0.676. The standard InChI is InChI=1S/C16H15NO6S/c1-10-5-7-11(8-6-10)24(20,21)23-17-13-3-2-4-14-15(13)12(9-22-14)16(18)19/h5-9H,2-4H2,1H3,(H,18,19)/b17-13-. The first-order chi connectivity index (χ1) is 11.4. The number of furan rings is 1. The van der Waals surface area contributed by atoms with Gasteiger partial charge in [0.25, 0.3) is 0 Å². The van der Waals surface area contributed by atoms with Gasteiger partial charge in [0.2, 0.25) is 0 Å². The molecule has 24 heavy (non-hydrogen) atoms. The SMILES string of the molecule is Cc1ccc(S(=O)(=O)O/N=C2/CCCc3occ(C(=O)O)c32)cc1. The third-order valence-corrected chi connectivity index (χ3v) is 4.88. The number of carboxylic acids is 1. The average molecular weight is 349 g/mol. The summed E-state index contributed by atoms with van der Waals surface area (Å²) in [5, 5.41) is 12.9. The van der Waals surface area contributed by atoms with E-state index in [-0.39, 0.29) is 16.2 Å². The summed E-state index contributed by atoms with van der Waals surface area (Å²) in [5.41, 5.74) is 1.45. The molecule has 0 atom stereocenters. The Morgan fingerprint density at radius 3 is 2.62 bits per heavy atom. The highest BCUT2D eigenvalue weighted by atomic mass is 32.2. The van der Waals surface area contributed by atoms with E-state index in [1.807, 2.05) is 6.92 Å². The maximum Gasteiger partial charge on any atom is 0.358 e. The van der Waals surface area contributed by atoms with Gasteiger partial charge in [-0.05, 0) is 31.9 Å². The Balaban J connectivity index is 1.92. The van der Waals surface area contributed by atoms with Gasteiger partial charge in [0.1, 0.15) is 22.5 Å². The number of hydrogen-bond acceptors (Lipinski definition) is 6. The van der Waals surface area contributed by atoms with Gasteiger partial charge in [-0.2, -0.15) is 8.42 Å². The van der Waals surface area contributed by atoms with E-state index in [0.717, 1.165) is 11.8 Å². The molecule has 1 heterocycles. The third kappa shape index (κ3) is 3.05. The van der Waals surface area contributed by atoms with Crippen LogP contribution in [0.4, 0.5) is 0 Å². The molecule has 126 valence electrons. The highest BCUT2D eigenvalue weighted by Gasteiger charge is 2.27. The second-order valence-electron chi connectivity index (χ2n) is 5.49. The van der Waals surface area contributed by atoms with Gasteiger partial charge in [0.05, 0.1) is 11.3 Å². The first kappa shape index (κ1) is 16.3. The topological polar surface area (TPSA) is 106 Å². The molecule has 0 unspecified atom stereocenters. The Bertz CT molecular complexity index is 909. The van der Waals surface area contributed by atoms with E-state index < -0.39 is 16.1 Å². The van der Waals surface area contributed by atoms with Crippen LogP contribution in [0, 0.1) is 6.92 Å². The molecule has 0 spiro atoms. The van der Waals surface area contributed by atoms with Gasteiger partial charge in [0.15, 0.2) is 0 Å². The summed E-state index contributed by atoms with van der Waals surface area (Å²) in [6, 6.07) is 6.16. The molecule has 1 aromatic heterocycles. The summed E-state index contributed by atoms with van der Waals surface area (Å²) < 4.78 is 34.4. The molecule has 7 nitrogen and oxygen atoms in total. The van der Waals surface area contributed by atoms with Gasteiger partial charge in [-0.25, -0.2) is 4.79 Å². The number of carbonyl (C=O) groups is 1. The van der Waals surface area contributed by atoms with Gasteiger partial charge in [-0.1, -0.05) is 22.9 Å². The van der Waals surface area contributed by atoms with Crippen molar-refractivity contribution in [3.05, 3.63) is 53.0 Å². The van der Waals surface area contributed by atoms with Gasteiger partial charge >= 0.3 is 16.1 Å². The molecule has 0 saturated carbocycles. The van der Waals surface area contributed by atoms with Crippen molar-refractivity contribution < 1.29 is 27.0 Å². The van der Waals surface area contributed by atoms with E-state index >= 15 is 0 Å². The van der Waals surface area contributed by atoms with Crippen LogP contribution in [0.2, 0.25) is 0 Å². The second-order valence-corrected chi connectivity index (χ2v) is 7.01. The predicted molar refractivity (Wildman–Crippen MR) is 84.6 cm³/mol. The van der Waals surface area contributed by atoms with Crippen LogP contribution in [0.1, 0.15) is 40.1 Å². The van der Waals surface area contributed by atoms with Crippen molar-refractivity contribution in [3.63, 3.8) is 0 Å². The lowest BCUT2D eigenvalue weighted by Crippen LogP contribution is -2.15. The number of aryl methyl sites for hydroxylation is 2. The summed E-state index contributed by atoms with van der Waals surface area (Å²) >= 11 is 0. The highest BCUT2D eigenvalue weighted by molar-refractivity contribution is 7.86. The quantitative estimate of drug-likeness (QED) is 0.851. The molecule has 3 rings (SSSR count). The maximum atomic E-state index is 12.2. The minimum absolute atomic E-state index is 0.0147. The van der Waals surface area contributed by atoms with Crippen molar-refractivity contribution in [3.8, 4) is 0 Å². The molecule has 1 aliphatic rings. The molecule has 2 aromatic rings.